The Balaban J connectivity index is 1.27. The first-order valence-corrected chi connectivity index (χ1v) is 14.8. The Labute approximate surface area is 246 Å². The van der Waals surface area contributed by atoms with E-state index in [0.29, 0.717) is 5.56 Å². The van der Waals surface area contributed by atoms with Gasteiger partial charge in [-0.2, -0.15) is 0 Å². The summed E-state index contributed by atoms with van der Waals surface area (Å²) in [6, 6.07) is 18.8. The maximum Gasteiger partial charge on any atom is 0.254 e. The monoisotopic (exact) mass is 575 g/mol. The average molecular weight is 576 g/mol. The second-order valence-electron chi connectivity index (χ2n) is 11.0. The van der Waals surface area contributed by atoms with Gasteiger partial charge in [-0.3, -0.25) is 19.4 Å². The lowest BCUT2D eigenvalue weighted by molar-refractivity contribution is -0.120. The second-order valence-corrected chi connectivity index (χ2v) is 11.0. The molecule has 2 fully saturated rings. The fraction of sp³-hybridized carbons (Fsp3) is 0.394. The summed E-state index contributed by atoms with van der Waals surface area (Å²) in [6.07, 6.45) is 0.196. The van der Waals surface area contributed by atoms with E-state index in [1.54, 1.807) is 12.1 Å². The molecule has 3 aromatic rings. The van der Waals surface area contributed by atoms with Gasteiger partial charge in [0.15, 0.2) is 5.78 Å². The Hall–Kier alpha value is -3.66. The third-order valence-electron chi connectivity index (χ3n) is 8.16. The Morgan fingerprint density at radius 2 is 1.48 bits per heavy atom. The van der Waals surface area contributed by atoms with Gasteiger partial charge in [0.05, 0.1) is 11.6 Å². The van der Waals surface area contributed by atoms with Gasteiger partial charge in [-0.1, -0.05) is 42.5 Å². The normalized spacial score (nSPS) is 17.1. The molecule has 2 aliphatic heterocycles. The molecule has 222 valence electrons. The van der Waals surface area contributed by atoms with E-state index < -0.39 is 23.6 Å². The van der Waals surface area contributed by atoms with Gasteiger partial charge in [0.1, 0.15) is 11.6 Å². The molecule has 2 aliphatic rings. The van der Waals surface area contributed by atoms with E-state index in [-0.39, 0.29) is 24.2 Å². The summed E-state index contributed by atoms with van der Waals surface area (Å²) in [5.41, 5.74) is 2.17. The number of halogens is 2. The Bertz CT molecular complexity index is 1340. The van der Waals surface area contributed by atoms with E-state index >= 15 is 0 Å². The van der Waals surface area contributed by atoms with Gasteiger partial charge in [0.2, 0.25) is 0 Å². The van der Waals surface area contributed by atoms with Gasteiger partial charge in [-0.15, -0.1) is 0 Å². The molecule has 0 aromatic heterocycles. The fourth-order valence-electron chi connectivity index (χ4n) is 5.72. The number of ketones is 1. The van der Waals surface area contributed by atoms with Crippen LogP contribution in [0.2, 0.25) is 0 Å². The van der Waals surface area contributed by atoms with Gasteiger partial charge >= 0.3 is 0 Å². The van der Waals surface area contributed by atoms with E-state index in [2.05, 4.69) is 25.3 Å². The summed E-state index contributed by atoms with van der Waals surface area (Å²) in [4.78, 5) is 33.9. The highest BCUT2D eigenvalue weighted by molar-refractivity contribution is 5.98. The summed E-state index contributed by atoms with van der Waals surface area (Å²) in [5, 5.41) is 6.14. The van der Waals surface area contributed by atoms with Gasteiger partial charge in [0, 0.05) is 77.6 Å². The second kappa shape index (κ2) is 14.5. The van der Waals surface area contributed by atoms with Crippen LogP contribution in [-0.4, -0.2) is 93.0 Å². The van der Waals surface area contributed by atoms with Crippen molar-refractivity contribution < 1.29 is 18.4 Å². The molecule has 2 N–H and O–H groups in total. The zero-order chi connectivity index (χ0) is 29.3. The molecular weight excluding hydrogens is 536 g/mol. The lowest BCUT2D eigenvalue weighted by Gasteiger charge is -2.38. The molecule has 3 aromatic carbocycles. The van der Waals surface area contributed by atoms with Crippen LogP contribution in [-0.2, 0) is 17.6 Å². The van der Waals surface area contributed by atoms with Crippen LogP contribution in [0.15, 0.2) is 72.8 Å². The molecule has 7 nitrogen and oxygen atoms in total. The standard InChI is InChI=1S/C33H39F2N5O2/c34-27-10-11-31(40-20-18-39(19-21-40)17-16-38-14-12-36-13-15-38)26(23-27)24-32(41)30(22-25-6-2-1-3-7-25)37-33(42)28-8-4-5-9-29(28)35/h1-11,23,30,36H,12-22,24H2,(H,37,42). The predicted molar refractivity (Wildman–Crippen MR) is 161 cm³/mol. The molecule has 1 atom stereocenters. The summed E-state index contributed by atoms with van der Waals surface area (Å²) in [7, 11) is 0. The first-order chi connectivity index (χ1) is 20.5. The number of nitrogens with zero attached hydrogens (tertiary/aromatic N) is 3. The van der Waals surface area contributed by atoms with Crippen molar-refractivity contribution in [1.82, 2.24) is 20.4 Å². The number of piperazine rings is 2. The number of benzene rings is 3. The number of anilines is 1. The molecule has 1 amide bonds. The van der Waals surface area contributed by atoms with Crippen molar-refractivity contribution in [2.24, 2.45) is 0 Å². The molecule has 5 rings (SSSR count). The zero-order valence-electron chi connectivity index (χ0n) is 23.9. The smallest absolute Gasteiger partial charge is 0.254 e. The summed E-state index contributed by atoms with van der Waals surface area (Å²) in [6.45, 7) is 9.68. The molecule has 0 aliphatic carbocycles. The lowest BCUT2D eigenvalue weighted by Crippen LogP contribution is -2.51. The van der Waals surface area contributed by atoms with Crippen LogP contribution in [0.4, 0.5) is 14.5 Å². The van der Waals surface area contributed by atoms with Crippen molar-refractivity contribution in [3.05, 3.63) is 101 Å². The van der Waals surface area contributed by atoms with Crippen LogP contribution in [0.25, 0.3) is 0 Å². The third kappa shape index (κ3) is 8.00. The Morgan fingerprint density at radius 3 is 2.19 bits per heavy atom. The number of nitrogens with one attached hydrogen (secondary N) is 2. The molecule has 0 saturated carbocycles. The molecule has 42 heavy (non-hydrogen) atoms. The van der Waals surface area contributed by atoms with Gasteiger partial charge < -0.3 is 15.5 Å². The van der Waals surface area contributed by atoms with Crippen LogP contribution in [0.1, 0.15) is 21.5 Å². The first-order valence-electron chi connectivity index (χ1n) is 14.8. The van der Waals surface area contributed by atoms with Crippen molar-refractivity contribution in [3.63, 3.8) is 0 Å². The SMILES string of the molecule is O=C(NC(Cc1ccccc1)C(=O)Cc1cc(F)ccc1N1CCN(CCN2CCNCC2)CC1)c1ccccc1F. The van der Waals surface area contributed by atoms with Crippen molar-refractivity contribution >= 4 is 17.4 Å². The highest BCUT2D eigenvalue weighted by atomic mass is 19.1. The number of Topliss-reactive ketones (excluding diaryl/α,β-unsaturated/α-hetero) is 1. The number of hydrogen-bond donors (Lipinski definition) is 2. The third-order valence-corrected chi connectivity index (χ3v) is 8.16. The molecule has 0 spiro atoms. The van der Waals surface area contributed by atoms with E-state index in [0.717, 1.165) is 76.7 Å². The largest absolute Gasteiger partial charge is 0.369 e. The minimum Gasteiger partial charge on any atom is -0.369 e. The Kier molecular flexibility index (Phi) is 10.3. The maximum absolute atomic E-state index is 14.5. The average Bonchev–Trinajstić information content (AvgIpc) is 3.01. The van der Waals surface area contributed by atoms with Crippen molar-refractivity contribution in [1.29, 1.82) is 0 Å². The zero-order valence-corrected chi connectivity index (χ0v) is 23.9. The minimum absolute atomic E-state index is 0.0502. The number of amides is 1. The van der Waals surface area contributed by atoms with Crippen molar-refractivity contribution in [3.8, 4) is 0 Å². The fourth-order valence-corrected chi connectivity index (χ4v) is 5.72. The molecular formula is C33H39F2N5O2. The molecule has 2 saturated heterocycles. The highest BCUT2D eigenvalue weighted by Gasteiger charge is 2.26. The van der Waals surface area contributed by atoms with E-state index in [9.17, 15) is 18.4 Å². The summed E-state index contributed by atoms with van der Waals surface area (Å²) >= 11 is 0. The molecule has 9 heteroatoms. The van der Waals surface area contributed by atoms with Crippen LogP contribution in [0.5, 0.6) is 0 Å². The van der Waals surface area contributed by atoms with Crippen molar-refractivity contribution in [2.45, 2.75) is 18.9 Å². The molecule has 0 bridgehead atoms. The highest BCUT2D eigenvalue weighted by Crippen LogP contribution is 2.25. The summed E-state index contributed by atoms with van der Waals surface area (Å²) in [5.74, 6) is -1.98. The number of carbonyl (C=O) groups excluding carboxylic acids is 2. The van der Waals surface area contributed by atoms with Crippen molar-refractivity contribution in [2.75, 3.05) is 70.3 Å². The quantitative estimate of drug-likeness (QED) is 0.366. The van der Waals surface area contributed by atoms with Crippen LogP contribution in [0, 0.1) is 11.6 Å². The molecule has 2 heterocycles. The van der Waals surface area contributed by atoms with Gasteiger partial charge in [0.25, 0.3) is 5.91 Å². The molecule has 0 radical (unpaired) electrons. The number of hydrogen-bond acceptors (Lipinski definition) is 6. The lowest BCUT2D eigenvalue weighted by atomic mass is 9.96. The Morgan fingerprint density at radius 1 is 0.810 bits per heavy atom. The number of carbonyl (C=O) groups is 2. The summed E-state index contributed by atoms with van der Waals surface area (Å²) < 4.78 is 28.8. The van der Waals surface area contributed by atoms with Gasteiger partial charge in [-0.25, -0.2) is 8.78 Å². The van der Waals surface area contributed by atoms with Crippen LogP contribution >= 0.6 is 0 Å². The van der Waals surface area contributed by atoms with Gasteiger partial charge in [-0.05, 0) is 47.9 Å². The first kappa shape index (κ1) is 29.8. The van der Waals surface area contributed by atoms with E-state index in [1.807, 2.05) is 30.3 Å². The van der Waals surface area contributed by atoms with E-state index in [4.69, 9.17) is 0 Å². The molecule has 1 unspecified atom stereocenters. The van der Waals surface area contributed by atoms with Crippen LogP contribution in [0.3, 0.4) is 0 Å². The van der Waals surface area contributed by atoms with Crippen LogP contribution < -0.4 is 15.5 Å². The maximum atomic E-state index is 14.5. The minimum atomic E-state index is -0.905. The van der Waals surface area contributed by atoms with E-state index in [1.165, 1.54) is 30.3 Å². The number of rotatable bonds is 11. The predicted octanol–water partition coefficient (Wildman–Crippen LogP) is 3.14. The topological polar surface area (TPSA) is 67.9 Å².